The van der Waals surface area contributed by atoms with Gasteiger partial charge in [0.1, 0.15) is 11.7 Å². The molecule has 0 unspecified atom stereocenters. The molecule has 1 heterocycles. The summed E-state index contributed by atoms with van der Waals surface area (Å²) in [7, 11) is 1.56. The van der Waals surface area contributed by atoms with Crippen molar-refractivity contribution in [2.24, 2.45) is 0 Å². The van der Waals surface area contributed by atoms with Crippen molar-refractivity contribution in [1.82, 2.24) is 0 Å². The minimum absolute atomic E-state index is 0.152. The Labute approximate surface area is 127 Å². The van der Waals surface area contributed by atoms with Crippen LogP contribution < -0.4 is 9.64 Å². The average Bonchev–Trinajstić information content (AvgIpc) is 2.94. The Bertz CT molecular complexity index is 724. The van der Waals surface area contributed by atoms with Crippen molar-refractivity contribution in [2.75, 3.05) is 18.6 Å². The molecule has 22 heavy (non-hydrogen) atoms. The number of carbonyl (C=O) groups is 2. The number of amides is 1. The van der Waals surface area contributed by atoms with Gasteiger partial charge < -0.3 is 14.7 Å². The first-order valence-electron chi connectivity index (χ1n) is 6.89. The molecule has 112 valence electrons. The Morgan fingerprint density at radius 2 is 1.82 bits per heavy atom. The van der Waals surface area contributed by atoms with E-state index in [0.717, 1.165) is 0 Å². The Kier molecular flexibility index (Phi) is 3.55. The standard InChI is InChI=1S/C17H15NO4/c1-22-12-8-6-11(7-9-12)16(19)18-10-14(17(20)21)13-4-2-3-5-15(13)18/h2-9,14H,10H2,1H3,(H,20,21)/t14-/m1/s1. The van der Waals surface area contributed by atoms with Crippen LogP contribution in [0.15, 0.2) is 48.5 Å². The van der Waals surface area contributed by atoms with Gasteiger partial charge >= 0.3 is 5.97 Å². The van der Waals surface area contributed by atoms with E-state index in [-0.39, 0.29) is 12.5 Å². The zero-order chi connectivity index (χ0) is 15.7. The predicted octanol–water partition coefficient (Wildman–Crippen LogP) is 2.52. The molecular formula is C17H15NO4. The number of hydrogen-bond acceptors (Lipinski definition) is 3. The molecule has 1 amide bonds. The number of para-hydroxylation sites is 1. The van der Waals surface area contributed by atoms with Gasteiger partial charge in [-0.3, -0.25) is 9.59 Å². The number of fused-ring (bicyclic) bond motifs is 1. The van der Waals surface area contributed by atoms with E-state index < -0.39 is 11.9 Å². The quantitative estimate of drug-likeness (QED) is 0.945. The summed E-state index contributed by atoms with van der Waals surface area (Å²) in [5.74, 6) is -1.14. The monoisotopic (exact) mass is 297 g/mol. The molecule has 3 rings (SSSR count). The Morgan fingerprint density at radius 3 is 2.45 bits per heavy atom. The molecule has 1 N–H and O–H groups in total. The zero-order valence-corrected chi connectivity index (χ0v) is 12.0. The van der Waals surface area contributed by atoms with Crippen molar-refractivity contribution >= 4 is 17.6 Å². The molecule has 5 heteroatoms. The molecule has 1 aliphatic rings. The van der Waals surface area contributed by atoms with E-state index in [1.165, 1.54) is 4.90 Å². The van der Waals surface area contributed by atoms with Crippen LogP contribution in [0.2, 0.25) is 0 Å². The summed E-state index contributed by atoms with van der Waals surface area (Å²) in [5, 5.41) is 9.34. The van der Waals surface area contributed by atoms with Crippen LogP contribution in [0.1, 0.15) is 21.8 Å². The molecule has 0 saturated carbocycles. The van der Waals surface area contributed by atoms with Crippen molar-refractivity contribution in [2.45, 2.75) is 5.92 Å². The molecule has 5 nitrogen and oxygen atoms in total. The summed E-state index contributed by atoms with van der Waals surface area (Å²) in [5.41, 5.74) is 1.84. The second-order valence-electron chi connectivity index (χ2n) is 5.09. The fraction of sp³-hybridized carbons (Fsp3) is 0.176. The highest BCUT2D eigenvalue weighted by Gasteiger charge is 2.36. The maximum atomic E-state index is 12.7. The summed E-state index contributed by atoms with van der Waals surface area (Å²) < 4.78 is 5.08. The maximum Gasteiger partial charge on any atom is 0.312 e. The summed E-state index contributed by atoms with van der Waals surface area (Å²) in [6.45, 7) is 0.152. The zero-order valence-electron chi connectivity index (χ0n) is 12.0. The normalized spacial score (nSPS) is 16.2. The second-order valence-corrected chi connectivity index (χ2v) is 5.09. The molecule has 0 radical (unpaired) electrons. The van der Waals surface area contributed by atoms with Gasteiger partial charge in [-0.15, -0.1) is 0 Å². The molecule has 2 aromatic carbocycles. The molecular weight excluding hydrogens is 282 g/mol. The van der Waals surface area contributed by atoms with Gasteiger partial charge in [0, 0.05) is 17.8 Å². The molecule has 1 aliphatic heterocycles. The third kappa shape index (κ3) is 2.30. The highest BCUT2D eigenvalue weighted by atomic mass is 16.5. The lowest BCUT2D eigenvalue weighted by Gasteiger charge is -2.17. The summed E-state index contributed by atoms with van der Waals surface area (Å²) in [4.78, 5) is 25.6. The van der Waals surface area contributed by atoms with Crippen molar-refractivity contribution in [3.63, 3.8) is 0 Å². The van der Waals surface area contributed by atoms with Gasteiger partial charge in [-0.1, -0.05) is 18.2 Å². The lowest BCUT2D eigenvalue weighted by Crippen LogP contribution is -2.31. The van der Waals surface area contributed by atoms with Crippen LogP contribution in [-0.2, 0) is 4.79 Å². The fourth-order valence-corrected chi connectivity index (χ4v) is 2.70. The topological polar surface area (TPSA) is 66.8 Å². The van der Waals surface area contributed by atoms with E-state index in [0.29, 0.717) is 22.6 Å². The Morgan fingerprint density at radius 1 is 1.14 bits per heavy atom. The average molecular weight is 297 g/mol. The van der Waals surface area contributed by atoms with E-state index in [2.05, 4.69) is 0 Å². The van der Waals surface area contributed by atoms with Crippen molar-refractivity contribution in [3.8, 4) is 5.75 Å². The molecule has 0 bridgehead atoms. The van der Waals surface area contributed by atoms with Gasteiger partial charge in [0.25, 0.3) is 5.91 Å². The number of aliphatic carboxylic acids is 1. The van der Waals surface area contributed by atoms with Gasteiger partial charge in [-0.05, 0) is 35.9 Å². The van der Waals surface area contributed by atoms with Crippen LogP contribution in [0.5, 0.6) is 5.75 Å². The second kappa shape index (κ2) is 5.52. The number of rotatable bonds is 3. The Hall–Kier alpha value is -2.82. The molecule has 1 atom stereocenters. The maximum absolute atomic E-state index is 12.7. The predicted molar refractivity (Wildman–Crippen MR) is 81.5 cm³/mol. The lowest BCUT2D eigenvalue weighted by molar-refractivity contribution is -0.138. The van der Waals surface area contributed by atoms with Crippen molar-refractivity contribution in [1.29, 1.82) is 0 Å². The first-order chi connectivity index (χ1) is 10.6. The van der Waals surface area contributed by atoms with Crippen LogP contribution in [0.3, 0.4) is 0 Å². The highest BCUT2D eigenvalue weighted by Crippen LogP contribution is 2.37. The van der Waals surface area contributed by atoms with Crippen LogP contribution in [0.25, 0.3) is 0 Å². The summed E-state index contributed by atoms with van der Waals surface area (Å²) in [6.07, 6.45) is 0. The number of nitrogens with zero attached hydrogens (tertiary/aromatic N) is 1. The summed E-state index contributed by atoms with van der Waals surface area (Å²) >= 11 is 0. The molecule has 0 aliphatic carbocycles. The third-order valence-electron chi connectivity index (χ3n) is 3.85. The largest absolute Gasteiger partial charge is 0.497 e. The van der Waals surface area contributed by atoms with Crippen molar-refractivity contribution in [3.05, 3.63) is 59.7 Å². The number of carbonyl (C=O) groups excluding carboxylic acids is 1. The first kappa shape index (κ1) is 14.1. The van der Waals surface area contributed by atoms with Crippen molar-refractivity contribution < 1.29 is 19.4 Å². The fourth-order valence-electron chi connectivity index (χ4n) is 2.70. The number of carboxylic acid groups (broad SMARTS) is 1. The number of methoxy groups -OCH3 is 1. The van der Waals surface area contributed by atoms with Gasteiger partial charge in [0.05, 0.1) is 7.11 Å². The van der Waals surface area contributed by atoms with Gasteiger partial charge in [-0.2, -0.15) is 0 Å². The molecule has 0 fully saturated rings. The minimum Gasteiger partial charge on any atom is -0.497 e. The Balaban J connectivity index is 1.94. The van der Waals surface area contributed by atoms with Gasteiger partial charge in [0.15, 0.2) is 0 Å². The van der Waals surface area contributed by atoms with Crippen LogP contribution in [0.4, 0.5) is 5.69 Å². The minimum atomic E-state index is -0.919. The van der Waals surface area contributed by atoms with E-state index in [4.69, 9.17) is 4.74 Å². The van der Waals surface area contributed by atoms with E-state index in [1.54, 1.807) is 55.6 Å². The number of carboxylic acids is 1. The third-order valence-corrected chi connectivity index (χ3v) is 3.85. The van der Waals surface area contributed by atoms with E-state index in [9.17, 15) is 14.7 Å². The molecule has 2 aromatic rings. The smallest absolute Gasteiger partial charge is 0.312 e. The number of anilines is 1. The molecule has 0 spiro atoms. The molecule has 0 saturated heterocycles. The van der Waals surface area contributed by atoms with Crippen LogP contribution >= 0.6 is 0 Å². The van der Waals surface area contributed by atoms with Gasteiger partial charge in [-0.25, -0.2) is 0 Å². The van der Waals surface area contributed by atoms with Gasteiger partial charge in [0.2, 0.25) is 0 Å². The molecule has 0 aromatic heterocycles. The number of ether oxygens (including phenoxy) is 1. The van der Waals surface area contributed by atoms with E-state index >= 15 is 0 Å². The number of benzene rings is 2. The first-order valence-corrected chi connectivity index (χ1v) is 6.89. The summed E-state index contributed by atoms with van der Waals surface area (Å²) in [6, 6.07) is 13.9. The highest BCUT2D eigenvalue weighted by molar-refractivity contribution is 6.08. The van der Waals surface area contributed by atoms with E-state index in [1.807, 2.05) is 0 Å². The van der Waals surface area contributed by atoms with Crippen LogP contribution in [-0.4, -0.2) is 30.6 Å². The van der Waals surface area contributed by atoms with Crippen LogP contribution in [0, 0.1) is 0 Å². The SMILES string of the molecule is COc1ccc(C(=O)N2C[C@@H](C(=O)O)c3ccccc32)cc1. The lowest BCUT2D eigenvalue weighted by atomic mass is 10.0. The number of hydrogen-bond donors (Lipinski definition) is 1.